The molecule has 0 bridgehead atoms. The number of aromatic nitrogens is 3. The lowest BCUT2D eigenvalue weighted by Gasteiger charge is -2.08. The molecule has 1 heterocycles. The van der Waals surface area contributed by atoms with Gasteiger partial charge in [0.2, 0.25) is 5.82 Å². The fraction of sp³-hybridized carbons (Fsp3) is 0.0870. The molecule has 0 aliphatic carbocycles. The van der Waals surface area contributed by atoms with Crippen molar-refractivity contribution in [2.24, 2.45) is 0 Å². The van der Waals surface area contributed by atoms with Crippen LogP contribution in [0.5, 0.6) is 0 Å². The van der Waals surface area contributed by atoms with Crippen LogP contribution < -0.4 is 5.32 Å². The first kappa shape index (κ1) is 20.1. The molecule has 0 spiro atoms. The van der Waals surface area contributed by atoms with Gasteiger partial charge in [-0.05, 0) is 55.8 Å². The topological polar surface area (TPSA) is 59.8 Å². The number of halogens is 2. The van der Waals surface area contributed by atoms with Gasteiger partial charge in [0.25, 0.3) is 5.91 Å². The van der Waals surface area contributed by atoms with E-state index in [1.165, 1.54) is 0 Å². The Morgan fingerprint density at radius 2 is 1.70 bits per heavy atom. The van der Waals surface area contributed by atoms with Gasteiger partial charge in [0.15, 0.2) is 5.82 Å². The predicted octanol–water partition coefficient (Wildman–Crippen LogP) is 6.11. The summed E-state index contributed by atoms with van der Waals surface area (Å²) in [6.07, 6.45) is 0. The van der Waals surface area contributed by atoms with E-state index in [1.807, 2.05) is 62.4 Å². The van der Waals surface area contributed by atoms with E-state index in [9.17, 15) is 4.79 Å². The van der Waals surface area contributed by atoms with Gasteiger partial charge in [-0.15, -0.1) is 5.10 Å². The highest BCUT2D eigenvalue weighted by molar-refractivity contribution is 6.34. The third-order valence-electron chi connectivity index (χ3n) is 4.62. The summed E-state index contributed by atoms with van der Waals surface area (Å²) in [6.45, 7) is 3.87. The van der Waals surface area contributed by atoms with E-state index >= 15 is 0 Å². The molecule has 4 aromatic rings. The number of hydrogen-bond acceptors (Lipinski definition) is 3. The first-order valence-electron chi connectivity index (χ1n) is 9.29. The zero-order chi connectivity index (χ0) is 21.3. The molecule has 1 amide bonds. The van der Waals surface area contributed by atoms with E-state index in [0.29, 0.717) is 21.6 Å². The standard InChI is InChI=1S/C23H18Cl2N4O/c1-14-5-3-7-16(13-14)22-27-21(28-29(22)18-11-9-17(24)10-12-18)23(30)26-20-15(2)6-4-8-19(20)25/h3-13H,1-2H3,(H,26,30). The van der Waals surface area contributed by atoms with Crippen LogP contribution in [0.1, 0.15) is 21.7 Å². The molecule has 1 N–H and O–H groups in total. The fourth-order valence-corrected chi connectivity index (χ4v) is 3.50. The summed E-state index contributed by atoms with van der Waals surface area (Å²) in [7, 11) is 0. The molecule has 150 valence electrons. The molecule has 0 aliphatic rings. The van der Waals surface area contributed by atoms with Crippen LogP contribution in [0.15, 0.2) is 66.7 Å². The lowest BCUT2D eigenvalue weighted by atomic mass is 10.1. The summed E-state index contributed by atoms with van der Waals surface area (Å²) in [5.74, 6) is 0.163. The zero-order valence-electron chi connectivity index (χ0n) is 16.4. The van der Waals surface area contributed by atoms with Crippen molar-refractivity contribution in [1.29, 1.82) is 0 Å². The molecule has 7 heteroatoms. The second kappa shape index (κ2) is 8.30. The number of benzene rings is 3. The lowest BCUT2D eigenvalue weighted by molar-refractivity contribution is 0.101. The number of amides is 1. The Labute approximate surface area is 184 Å². The quantitative estimate of drug-likeness (QED) is 0.419. The summed E-state index contributed by atoms with van der Waals surface area (Å²) in [5.41, 5.74) is 4.08. The Bertz CT molecular complexity index is 1210. The minimum absolute atomic E-state index is 0.0424. The average molecular weight is 437 g/mol. The first-order valence-corrected chi connectivity index (χ1v) is 10.0. The van der Waals surface area contributed by atoms with Crippen molar-refractivity contribution in [3.8, 4) is 17.1 Å². The van der Waals surface area contributed by atoms with Crippen molar-refractivity contribution in [2.45, 2.75) is 13.8 Å². The molecule has 0 saturated heterocycles. The number of hydrogen-bond donors (Lipinski definition) is 1. The van der Waals surface area contributed by atoms with Gasteiger partial charge in [0.1, 0.15) is 0 Å². The second-order valence-electron chi connectivity index (χ2n) is 6.90. The fourth-order valence-electron chi connectivity index (χ4n) is 3.10. The molecule has 1 aromatic heterocycles. The third kappa shape index (κ3) is 4.08. The summed E-state index contributed by atoms with van der Waals surface area (Å²) in [5, 5.41) is 8.38. The van der Waals surface area contributed by atoms with Gasteiger partial charge < -0.3 is 5.32 Å². The van der Waals surface area contributed by atoms with Crippen LogP contribution in [0.3, 0.4) is 0 Å². The first-order chi connectivity index (χ1) is 14.4. The second-order valence-corrected chi connectivity index (χ2v) is 7.75. The molecule has 0 fully saturated rings. The zero-order valence-corrected chi connectivity index (χ0v) is 17.9. The number of rotatable bonds is 4. The van der Waals surface area contributed by atoms with Gasteiger partial charge in [-0.25, -0.2) is 9.67 Å². The largest absolute Gasteiger partial charge is 0.318 e. The molecule has 0 atom stereocenters. The highest BCUT2D eigenvalue weighted by Gasteiger charge is 2.20. The number of para-hydroxylation sites is 1. The normalized spacial score (nSPS) is 10.8. The Morgan fingerprint density at radius 1 is 0.967 bits per heavy atom. The molecule has 5 nitrogen and oxygen atoms in total. The molecule has 0 radical (unpaired) electrons. The maximum absolute atomic E-state index is 12.9. The van der Waals surface area contributed by atoms with E-state index in [0.717, 1.165) is 22.4 Å². The van der Waals surface area contributed by atoms with Gasteiger partial charge in [-0.1, -0.05) is 59.1 Å². The van der Waals surface area contributed by atoms with Crippen molar-refractivity contribution in [1.82, 2.24) is 14.8 Å². The maximum atomic E-state index is 12.9. The average Bonchev–Trinajstić information content (AvgIpc) is 3.17. The third-order valence-corrected chi connectivity index (χ3v) is 5.19. The molecule has 0 aliphatic heterocycles. The van der Waals surface area contributed by atoms with Crippen LogP contribution in [0.4, 0.5) is 5.69 Å². The number of carbonyl (C=O) groups excluding carboxylic acids is 1. The molecule has 3 aromatic carbocycles. The van der Waals surface area contributed by atoms with E-state index in [1.54, 1.807) is 22.9 Å². The smallest absolute Gasteiger partial charge is 0.295 e. The van der Waals surface area contributed by atoms with Crippen molar-refractivity contribution in [2.75, 3.05) is 5.32 Å². The molecule has 0 unspecified atom stereocenters. The minimum atomic E-state index is -0.437. The van der Waals surface area contributed by atoms with Gasteiger partial charge in [0.05, 0.1) is 16.4 Å². The number of anilines is 1. The number of aryl methyl sites for hydroxylation is 2. The van der Waals surface area contributed by atoms with Crippen LogP contribution in [0, 0.1) is 13.8 Å². The van der Waals surface area contributed by atoms with Crippen LogP contribution in [-0.4, -0.2) is 20.7 Å². The lowest BCUT2D eigenvalue weighted by Crippen LogP contribution is -2.15. The molecule has 4 rings (SSSR count). The highest BCUT2D eigenvalue weighted by Crippen LogP contribution is 2.27. The monoisotopic (exact) mass is 436 g/mol. The Kier molecular flexibility index (Phi) is 5.57. The molecule has 30 heavy (non-hydrogen) atoms. The Balaban J connectivity index is 1.78. The van der Waals surface area contributed by atoms with E-state index in [4.69, 9.17) is 23.2 Å². The number of nitrogens with one attached hydrogen (secondary N) is 1. The van der Waals surface area contributed by atoms with E-state index in [-0.39, 0.29) is 5.82 Å². The SMILES string of the molecule is Cc1cccc(-c2nc(C(=O)Nc3c(C)cccc3Cl)nn2-c2ccc(Cl)cc2)c1. The van der Waals surface area contributed by atoms with Crippen LogP contribution in [0.2, 0.25) is 10.0 Å². The van der Waals surface area contributed by atoms with Crippen LogP contribution >= 0.6 is 23.2 Å². The van der Waals surface area contributed by atoms with Crippen molar-refractivity contribution >= 4 is 34.8 Å². The van der Waals surface area contributed by atoms with E-state index in [2.05, 4.69) is 15.4 Å². The predicted molar refractivity (Wildman–Crippen MR) is 121 cm³/mol. The van der Waals surface area contributed by atoms with Gasteiger partial charge in [-0.3, -0.25) is 4.79 Å². The highest BCUT2D eigenvalue weighted by atomic mass is 35.5. The summed E-state index contributed by atoms with van der Waals surface area (Å²) >= 11 is 12.3. The maximum Gasteiger partial charge on any atom is 0.295 e. The van der Waals surface area contributed by atoms with Crippen molar-refractivity contribution in [3.63, 3.8) is 0 Å². The number of nitrogens with zero attached hydrogens (tertiary/aromatic N) is 3. The summed E-state index contributed by atoms with van der Waals surface area (Å²) in [4.78, 5) is 17.5. The minimum Gasteiger partial charge on any atom is -0.318 e. The molecule has 0 saturated carbocycles. The summed E-state index contributed by atoms with van der Waals surface area (Å²) < 4.78 is 1.64. The summed E-state index contributed by atoms with van der Waals surface area (Å²) in [6, 6.07) is 20.5. The van der Waals surface area contributed by atoms with Crippen molar-refractivity contribution < 1.29 is 4.79 Å². The van der Waals surface area contributed by atoms with Gasteiger partial charge in [0, 0.05) is 10.6 Å². The Hall–Kier alpha value is -3.15. The van der Waals surface area contributed by atoms with Gasteiger partial charge >= 0.3 is 0 Å². The number of carbonyl (C=O) groups is 1. The molecular formula is C23H18Cl2N4O. The van der Waals surface area contributed by atoms with Crippen LogP contribution in [0.25, 0.3) is 17.1 Å². The molecular weight excluding hydrogens is 419 g/mol. The van der Waals surface area contributed by atoms with Gasteiger partial charge in [-0.2, -0.15) is 0 Å². The van der Waals surface area contributed by atoms with Crippen molar-refractivity contribution in [3.05, 3.63) is 93.7 Å². The van der Waals surface area contributed by atoms with Crippen LogP contribution in [-0.2, 0) is 0 Å². The van der Waals surface area contributed by atoms with E-state index < -0.39 is 5.91 Å². The Morgan fingerprint density at radius 3 is 2.40 bits per heavy atom.